The highest BCUT2D eigenvalue weighted by Gasteiger charge is 2.22. The van der Waals surface area contributed by atoms with Crippen molar-refractivity contribution in [2.75, 3.05) is 34.3 Å². The number of nitrogens with one attached hydrogen (secondary N) is 1. The maximum Gasteiger partial charge on any atom is 0.327 e. The second kappa shape index (κ2) is 7.26. The Morgan fingerprint density at radius 2 is 2.05 bits per heavy atom. The molecule has 1 N–H and O–H groups in total. The van der Waals surface area contributed by atoms with E-state index in [9.17, 15) is 4.79 Å². The molecule has 0 amide bonds. The lowest BCUT2D eigenvalue weighted by molar-refractivity contribution is -0.143. The Labute approximate surface area is 115 Å². The average molecular weight is 264 g/mol. The smallest absolute Gasteiger partial charge is 0.327 e. The number of nitrogens with zero attached hydrogens (tertiary/aromatic N) is 1. The van der Waals surface area contributed by atoms with E-state index in [1.54, 1.807) is 0 Å². The molecule has 0 fully saturated rings. The van der Waals surface area contributed by atoms with Crippen molar-refractivity contribution in [2.24, 2.45) is 0 Å². The Hall–Kier alpha value is -1.39. The first-order valence-electron chi connectivity index (χ1n) is 6.48. The molecule has 106 valence electrons. The van der Waals surface area contributed by atoms with Gasteiger partial charge in [0.25, 0.3) is 0 Å². The molecular formula is C15H24N2O2. The minimum atomic E-state index is -0.398. The number of rotatable bonds is 6. The van der Waals surface area contributed by atoms with E-state index < -0.39 is 6.04 Å². The Balaban J connectivity index is 2.87. The summed E-state index contributed by atoms with van der Waals surface area (Å²) in [7, 11) is 5.43. The van der Waals surface area contributed by atoms with Crippen LogP contribution in [0.4, 0.5) is 0 Å². The molecule has 4 nitrogen and oxygen atoms in total. The number of carbonyl (C=O) groups is 1. The number of methoxy groups -OCH3 is 1. The van der Waals surface area contributed by atoms with Crippen LogP contribution in [0.5, 0.6) is 0 Å². The van der Waals surface area contributed by atoms with Crippen molar-refractivity contribution >= 4 is 5.97 Å². The molecule has 0 aliphatic heterocycles. The number of esters is 1. The van der Waals surface area contributed by atoms with Crippen molar-refractivity contribution in [1.82, 2.24) is 10.2 Å². The van der Waals surface area contributed by atoms with Crippen molar-refractivity contribution in [3.8, 4) is 0 Å². The second-order valence-corrected chi connectivity index (χ2v) is 5.07. The topological polar surface area (TPSA) is 41.6 Å². The predicted molar refractivity (Wildman–Crippen MR) is 77.2 cm³/mol. The van der Waals surface area contributed by atoms with Crippen LogP contribution in [0.2, 0.25) is 0 Å². The normalized spacial score (nSPS) is 12.5. The van der Waals surface area contributed by atoms with Crippen LogP contribution in [0.1, 0.15) is 22.7 Å². The number of benzene rings is 1. The van der Waals surface area contributed by atoms with Crippen LogP contribution >= 0.6 is 0 Å². The molecular weight excluding hydrogens is 240 g/mol. The van der Waals surface area contributed by atoms with E-state index >= 15 is 0 Å². The zero-order valence-electron chi connectivity index (χ0n) is 12.5. The molecule has 19 heavy (non-hydrogen) atoms. The lowest BCUT2D eigenvalue weighted by Gasteiger charge is -2.20. The molecule has 0 saturated carbocycles. The van der Waals surface area contributed by atoms with Crippen LogP contribution in [0.15, 0.2) is 18.2 Å². The van der Waals surface area contributed by atoms with E-state index in [2.05, 4.69) is 16.3 Å². The van der Waals surface area contributed by atoms with Gasteiger partial charge in [0.2, 0.25) is 0 Å². The highest BCUT2D eigenvalue weighted by atomic mass is 16.5. The van der Waals surface area contributed by atoms with Crippen molar-refractivity contribution in [3.63, 3.8) is 0 Å². The lowest BCUT2D eigenvalue weighted by Crippen LogP contribution is -2.35. The van der Waals surface area contributed by atoms with Crippen molar-refractivity contribution in [1.29, 1.82) is 0 Å². The van der Waals surface area contributed by atoms with Gasteiger partial charge in [0.1, 0.15) is 6.04 Å². The van der Waals surface area contributed by atoms with Crippen molar-refractivity contribution < 1.29 is 9.53 Å². The first-order chi connectivity index (χ1) is 8.95. The molecule has 0 radical (unpaired) electrons. The molecule has 0 saturated heterocycles. The number of likely N-dealkylation sites (N-methyl/N-ethyl adjacent to an activating group) is 1. The standard InChI is InChI=1S/C15H24N2O2/c1-11-6-7-13(12(2)10-11)14(15(18)19-5)16-8-9-17(3)4/h6-7,10,14,16H,8-9H2,1-5H3. The van der Waals surface area contributed by atoms with Gasteiger partial charge in [0.05, 0.1) is 7.11 Å². The molecule has 0 bridgehead atoms. The van der Waals surface area contributed by atoms with Crippen LogP contribution < -0.4 is 5.32 Å². The van der Waals surface area contributed by atoms with Gasteiger partial charge in [0.15, 0.2) is 0 Å². The minimum Gasteiger partial charge on any atom is -0.468 e. The van der Waals surface area contributed by atoms with E-state index in [1.807, 2.05) is 40.1 Å². The SMILES string of the molecule is COC(=O)C(NCCN(C)C)c1ccc(C)cc1C. The van der Waals surface area contributed by atoms with E-state index in [0.717, 1.165) is 24.2 Å². The number of hydrogen-bond donors (Lipinski definition) is 1. The summed E-state index contributed by atoms with van der Waals surface area (Å²) in [6.07, 6.45) is 0. The van der Waals surface area contributed by atoms with Gasteiger partial charge in [-0.3, -0.25) is 5.32 Å². The molecule has 0 aliphatic rings. The van der Waals surface area contributed by atoms with Crippen LogP contribution in [-0.2, 0) is 9.53 Å². The second-order valence-electron chi connectivity index (χ2n) is 5.07. The molecule has 1 aromatic carbocycles. The third kappa shape index (κ3) is 4.65. The fourth-order valence-electron chi connectivity index (χ4n) is 2.02. The van der Waals surface area contributed by atoms with Crippen LogP contribution in [0.25, 0.3) is 0 Å². The molecule has 0 spiro atoms. The molecule has 1 unspecified atom stereocenters. The van der Waals surface area contributed by atoms with Gasteiger partial charge in [-0.2, -0.15) is 0 Å². The largest absolute Gasteiger partial charge is 0.468 e. The summed E-state index contributed by atoms with van der Waals surface area (Å²) < 4.78 is 4.89. The summed E-state index contributed by atoms with van der Waals surface area (Å²) in [5.74, 6) is -0.245. The summed E-state index contributed by atoms with van der Waals surface area (Å²) in [5.41, 5.74) is 3.28. The summed E-state index contributed by atoms with van der Waals surface area (Å²) in [6.45, 7) is 5.67. The van der Waals surface area contributed by atoms with Gasteiger partial charge >= 0.3 is 5.97 Å². The lowest BCUT2D eigenvalue weighted by atomic mass is 9.99. The molecule has 4 heteroatoms. The highest BCUT2D eigenvalue weighted by Crippen LogP contribution is 2.20. The third-order valence-electron chi connectivity index (χ3n) is 3.08. The van der Waals surface area contributed by atoms with Crippen LogP contribution in [0, 0.1) is 13.8 Å². The molecule has 0 aromatic heterocycles. The summed E-state index contributed by atoms with van der Waals surface area (Å²) in [4.78, 5) is 14.0. The predicted octanol–water partition coefficient (Wildman–Crippen LogP) is 1.67. The number of hydrogen-bond acceptors (Lipinski definition) is 4. The fourth-order valence-corrected chi connectivity index (χ4v) is 2.02. The van der Waals surface area contributed by atoms with Gasteiger partial charge in [-0.05, 0) is 39.1 Å². The summed E-state index contributed by atoms with van der Waals surface area (Å²) in [6, 6.07) is 5.70. The first kappa shape index (κ1) is 15.7. The van der Waals surface area contributed by atoms with Crippen LogP contribution in [-0.4, -0.2) is 45.2 Å². The summed E-state index contributed by atoms with van der Waals surface area (Å²) >= 11 is 0. The molecule has 0 heterocycles. The Kier molecular flexibility index (Phi) is 5.99. The number of ether oxygens (including phenoxy) is 1. The molecule has 1 atom stereocenters. The van der Waals surface area contributed by atoms with Crippen molar-refractivity contribution in [2.45, 2.75) is 19.9 Å². The van der Waals surface area contributed by atoms with E-state index in [4.69, 9.17) is 4.74 Å². The van der Waals surface area contributed by atoms with Gasteiger partial charge in [-0.15, -0.1) is 0 Å². The Bertz CT molecular complexity index is 430. The van der Waals surface area contributed by atoms with Crippen LogP contribution in [0.3, 0.4) is 0 Å². The van der Waals surface area contributed by atoms with E-state index in [1.165, 1.54) is 12.7 Å². The average Bonchev–Trinajstić information content (AvgIpc) is 2.34. The first-order valence-corrected chi connectivity index (χ1v) is 6.48. The van der Waals surface area contributed by atoms with Crippen molar-refractivity contribution in [3.05, 3.63) is 34.9 Å². The minimum absolute atomic E-state index is 0.245. The summed E-state index contributed by atoms with van der Waals surface area (Å²) in [5, 5.41) is 3.26. The number of aryl methyl sites for hydroxylation is 2. The highest BCUT2D eigenvalue weighted by molar-refractivity contribution is 5.78. The maximum atomic E-state index is 11.9. The molecule has 1 aromatic rings. The zero-order chi connectivity index (χ0) is 14.4. The Morgan fingerprint density at radius 3 is 2.58 bits per heavy atom. The zero-order valence-corrected chi connectivity index (χ0v) is 12.5. The third-order valence-corrected chi connectivity index (χ3v) is 3.08. The molecule has 0 aliphatic carbocycles. The van der Waals surface area contributed by atoms with Gasteiger partial charge in [-0.1, -0.05) is 23.8 Å². The van der Waals surface area contributed by atoms with Gasteiger partial charge < -0.3 is 9.64 Å². The van der Waals surface area contributed by atoms with Gasteiger partial charge in [0, 0.05) is 13.1 Å². The number of carbonyl (C=O) groups excluding carboxylic acids is 1. The fraction of sp³-hybridized carbons (Fsp3) is 0.533. The molecule has 1 rings (SSSR count). The van der Waals surface area contributed by atoms with Gasteiger partial charge in [-0.25, -0.2) is 4.79 Å². The monoisotopic (exact) mass is 264 g/mol. The Morgan fingerprint density at radius 1 is 1.37 bits per heavy atom. The van der Waals surface area contributed by atoms with E-state index in [-0.39, 0.29) is 5.97 Å². The van der Waals surface area contributed by atoms with E-state index in [0.29, 0.717) is 0 Å². The quantitative estimate of drug-likeness (QED) is 0.794. The maximum absolute atomic E-state index is 11.9.